The van der Waals surface area contributed by atoms with E-state index in [0.29, 0.717) is 23.6 Å². The molecular formula is C24H24N2O5. The van der Waals surface area contributed by atoms with Crippen molar-refractivity contribution in [2.24, 2.45) is 0 Å². The molecule has 0 radical (unpaired) electrons. The SMILES string of the molecule is COC(=O)COc1cccc(NC(=O)c2cc(C)c(OCc3cccnc3)c(C)c2)c1. The van der Waals surface area contributed by atoms with Crippen molar-refractivity contribution in [2.45, 2.75) is 20.5 Å². The fraction of sp³-hybridized carbons (Fsp3) is 0.208. The van der Waals surface area contributed by atoms with Gasteiger partial charge in [0.2, 0.25) is 0 Å². The monoisotopic (exact) mass is 420 g/mol. The third-order valence-corrected chi connectivity index (χ3v) is 4.50. The highest BCUT2D eigenvalue weighted by atomic mass is 16.6. The number of esters is 1. The minimum absolute atomic E-state index is 0.202. The molecule has 0 aliphatic heterocycles. The summed E-state index contributed by atoms with van der Waals surface area (Å²) in [6.07, 6.45) is 3.48. The van der Waals surface area contributed by atoms with Crippen LogP contribution in [0.1, 0.15) is 27.0 Å². The van der Waals surface area contributed by atoms with Crippen LogP contribution in [-0.4, -0.2) is 30.6 Å². The molecule has 1 aromatic heterocycles. The van der Waals surface area contributed by atoms with Crippen molar-refractivity contribution >= 4 is 17.6 Å². The number of pyridine rings is 1. The Morgan fingerprint density at radius 2 is 1.77 bits per heavy atom. The summed E-state index contributed by atoms with van der Waals surface area (Å²) in [7, 11) is 1.29. The van der Waals surface area contributed by atoms with Crippen molar-refractivity contribution < 1.29 is 23.8 Å². The zero-order valence-electron chi connectivity index (χ0n) is 17.7. The van der Waals surface area contributed by atoms with E-state index in [1.807, 2.05) is 26.0 Å². The highest BCUT2D eigenvalue weighted by Crippen LogP contribution is 2.26. The van der Waals surface area contributed by atoms with Crippen molar-refractivity contribution in [3.05, 3.63) is 83.2 Å². The van der Waals surface area contributed by atoms with Gasteiger partial charge in [0.1, 0.15) is 18.1 Å². The fourth-order valence-electron chi connectivity index (χ4n) is 3.02. The summed E-state index contributed by atoms with van der Waals surface area (Å²) in [5.41, 5.74) is 3.77. The normalized spacial score (nSPS) is 10.3. The highest BCUT2D eigenvalue weighted by Gasteiger charge is 2.13. The molecule has 1 amide bonds. The van der Waals surface area contributed by atoms with Crippen molar-refractivity contribution in [3.63, 3.8) is 0 Å². The lowest BCUT2D eigenvalue weighted by molar-refractivity contribution is -0.142. The van der Waals surface area contributed by atoms with Crippen LogP contribution < -0.4 is 14.8 Å². The van der Waals surface area contributed by atoms with Gasteiger partial charge in [0.15, 0.2) is 6.61 Å². The number of benzene rings is 2. The summed E-state index contributed by atoms with van der Waals surface area (Å²) in [5, 5.41) is 2.85. The number of aromatic nitrogens is 1. The molecule has 0 fully saturated rings. The number of ether oxygens (including phenoxy) is 3. The van der Waals surface area contributed by atoms with Crippen LogP contribution in [0.5, 0.6) is 11.5 Å². The number of aryl methyl sites for hydroxylation is 2. The van der Waals surface area contributed by atoms with Crippen LogP contribution >= 0.6 is 0 Å². The van der Waals surface area contributed by atoms with E-state index in [-0.39, 0.29) is 12.5 Å². The lowest BCUT2D eigenvalue weighted by Crippen LogP contribution is -2.14. The van der Waals surface area contributed by atoms with Gasteiger partial charge in [-0.1, -0.05) is 12.1 Å². The second-order valence-corrected chi connectivity index (χ2v) is 6.94. The molecule has 2 aromatic carbocycles. The number of carbonyl (C=O) groups excluding carboxylic acids is 2. The molecule has 0 aliphatic rings. The van der Waals surface area contributed by atoms with Crippen LogP contribution in [0.4, 0.5) is 5.69 Å². The van der Waals surface area contributed by atoms with Crippen LogP contribution in [0, 0.1) is 13.8 Å². The van der Waals surface area contributed by atoms with E-state index in [1.54, 1.807) is 48.8 Å². The molecule has 3 aromatic rings. The lowest BCUT2D eigenvalue weighted by atomic mass is 10.0. The summed E-state index contributed by atoms with van der Waals surface area (Å²) in [5.74, 6) is 0.467. The standard InChI is InChI=1S/C24H24N2O5/c1-16-10-19(11-17(2)23(16)31-14-18-6-5-9-25-13-18)24(28)26-20-7-4-8-21(12-20)30-15-22(27)29-3/h4-13H,14-15H2,1-3H3,(H,26,28). The van der Waals surface area contributed by atoms with Crippen LogP contribution in [0.2, 0.25) is 0 Å². The molecule has 0 unspecified atom stereocenters. The van der Waals surface area contributed by atoms with E-state index in [4.69, 9.17) is 9.47 Å². The summed E-state index contributed by atoms with van der Waals surface area (Å²) >= 11 is 0. The predicted octanol–water partition coefficient (Wildman–Crippen LogP) is 4.08. The van der Waals surface area contributed by atoms with Gasteiger partial charge in [0.05, 0.1) is 7.11 Å². The van der Waals surface area contributed by atoms with Crippen molar-refractivity contribution in [1.29, 1.82) is 0 Å². The van der Waals surface area contributed by atoms with E-state index in [2.05, 4.69) is 15.0 Å². The molecule has 0 spiro atoms. The van der Waals surface area contributed by atoms with Gasteiger partial charge in [-0.25, -0.2) is 4.79 Å². The zero-order chi connectivity index (χ0) is 22.2. The Balaban J connectivity index is 1.67. The Morgan fingerprint density at radius 3 is 2.45 bits per heavy atom. The molecule has 7 nitrogen and oxygen atoms in total. The van der Waals surface area contributed by atoms with Crippen LogP contribution in [-0.2, 0) is 16.1 Å². The first-order valence-corrected chi connectivity index (χ1v) is 9.70. The summed E-state index contributed by atoms with van der Waals surface area (Å²) in [6.45, 7) is 4.01. The maximum absolute atomic E-state index is 12.8. The maximum Gasteiger partial charge on any atom is 0.343 e. The van der Waals surface area contributed by atoms with Gasteiger partial charge < -0.3 is 19.5 Å². The van der Waals surface area contributed by atoms with Gasteiger partial charge >= 0.3 is 5.97 Å². The largest absolute Gasteiger partial charge is 0.488 e. The molecule has 0 aliphatic carbocycles. The minimum Gasteiger partial charge on any atom is -0.488 e. The fourth-order valence-corrected chi connectivity index (χ4v) is 3.02. The van der Waals surface area contributed by atoms with E-state index in [9.17, 15) is 9.59 Å². The van der Waals surface area contributed by atoms with Gasteiger partial charge in [0, 0.05) is 35.3 Å². The van der Waals surface area contributed by atoms with Crippen LogP contribution in [0.15, 0.2) is 60.9 Å². The number of anilines is 1. The smallest absolute Gasteiger partial charge is 0.343 e. The molecule has 160 valence electrons. The molecule has 31 heavy (non-hydrogen) atoms. The molecule has 0 saturated carbocycles. The van der Waals surface area contributed by atoms with Gasteiger partial charge in [0.25, 0.3) is 5.91 Å². The van der Waals surface area contributed by atoms with Crippen molar-refractivity contribution in [3.8, 4) is 11.5 Å². The molecular weight excluding hydrogens is 396 g/mol. The molecule has 0 atom stereocenters. The minimum atomic E-state index is -0.480. The maximum atomic E-state index is 12.8. The Hall–Kier alpha value is -3.87. The third-order valence-electron chi connectivity index (χ3n) is 4.50. The van der Waals surface area contributed by atoms with Crippen LogP contribution in [0.3, 0.4) is 0 Å². The summed E-state index contributed by atoms with van der Waals surface area (Å²) in [4.78, 5) is 28.1. The first-order valence-electron chi connectivity index (χ1n) is 9.70. The third kappa shape index (κ3) is 6.05. The number of nitrogens with one attached hydrogen (secondary N) is 1. The quantitative estimate of drug-likeness (QED) is 0.553. The number of hydrogen-bond donors (Lipinski definition) is 1. The Bertz CT molecular complexity index is 1040. The van der Waals surface area contributed by atoms with E-state index in [1.165, 1.54) is 7.11 Å². The summed E-state index contributed by atoms with van der Waals surface area (Å²) in [6, 6.07) is 14.2. The van der Waals surface area contributed by atoms with E-state index >= 15 is 0 Å². The number of carbonyl (C=O) groups is 2. The van der Waals surface area contributed by atoms with Crippen LogP contribution in [0.25, 0.3) is 0 Å². The van der Waals surface area contributed by atoms with Gasteiger partial charge in [-0.05, 0) is 55.3 Å². The predicted molar refractivity (Wildman–Crippen MR) is 116 cm³/mol. The van der Waals surface area contributed by atoms with Crippen molar-refractivity contribution in [1.82, 2.24) is 4.98 Å². The van der Waals surface area contributed by atoms with Gasteiger partial charge in [-0.2, -0.15) is 0 Å². The van der Waals surface area contributed by atoms with E-state index in [0.717, 1.165) is 22.4 Å². The molecule has 7 heteroatoms. The Kier molecular flexibility index (Phi) is 7.22. The molecule has 3 rings (SSSR count). The average molecular weight is 420 g/mol. The average Bonchev–Trinajstić information content (AvgIpc) is 2.77. The number of methoxy groups -OCH3 is 1. The first-order chi connectivity index (χ1) is 15.0. The number of hydrogen-bond acceptors (Lipinski definition) is 6. The number of nitrogens with zero attached hydrogens (tertiary/aromatic N) is 1. The molecule has 0 saturated heterocycles. The van der Waals surface area contributed by atoms with Gasteiger partial charge in [-0.15, -0.1) is 0 Å². The van der Waals surface area contributed by atoms with E-state index < -0.39 is 5.97 Å². The van der Waals surface area contributed by atoms with Gasteiger partial charge in [-0.3, -0.25) is 9.78 Å². The zero-order valence-corrected chi connectivity index (χ0v) is 17.7. The Labute approximate surface area is 181 Å². The molecule has 0 bridgehead atoms. The summed E-state index contributed by atoms with van der Waals surface area (Å²) < 4.78 is 15.9. The molecule has 1 N–H and O–H groups in total. The number of rotatable bonds is 8. The first kappa shape index (κ1) is 21.8. The Morgan fingerprint density at radius 1 is 1.00 bits per heavy atom. The number of amides is 1. The van der Waals surface area contributed by atoms with Crippen molar-refractivity contribution in [2.75, 3.05) is 19.0 Å². The molecule has 1 heterocycles. The lowest BCUT2D eigenvalue weighted by Gasteiger charge is -2.14. The topological polar surface area (TPSA) is 86.8 Å². The second kappa shape index (κ2) is 10.2. The second-order valence-electron chi connectivity index (χ2n) is 6.94. The highest BCUT2D eigenvalue weighted by molar-refractivity contribution is 6.04.